The molecule has 0 aliphatic carbocycles. The van der Waals surface area contributed by atoms with Crippen LogP contribution in [0.5, 0.6) is 0 Å². The van der Waals surface area contributed by atoms with E-state index in [2.05, 4.69) is 0 Å². The molecule has 1 aromatic heterocycles. The number of fused-ring (bicyclic) bond motifs is 1. The maximum Gasteiger partial charge on any atom is 0.254 e. The van der Waals surface area contributed by atoms with Crippen LogP contribution in [0.2, 0.25) is 0 Å². The summed E-state index contributed by atoms with van der Waals surface area (Å²) in [7, 11) is 0. The van der Waals surface area contributed by atoms with Gasteiger partial charge in [0.05, 0.1) is 6.04 Å². The van der Waals surface area contributed by atoms with Crippen LogP contribution in [0, 0.1) is 11.6 Å². The highest BCUT2D eigenvalue weighted by Crippen LogP contribution is 2.38. The van der Waals surface area contributed by atoms with Crippen LogP contribution in [0.15, 0.2) is 60.0 Å². The van der Waals surface area contributed by atoms with Crippen LogP contribution in [0.3, 0.4) is 0 Å². The number of hydrogen-bond acceptors (Lipinski definition) is 3. The second kappa shape index (κ2) is 9.61. The molecule has 0 bridgehead atoms. The van der Waals surface area contributed by atoms with Gasteiger partial charge in [-0.15, -0.1) is 11.3 Å². The van der Waals surface area contributed by atoms with Crippen LogP contribution in [-0.4, -0.2) is 41.2 Å². The van der Waals surface area contributed by atoms with Gasteiger partial charge in [0.1, 0.15) is 18.2 Å². The van der Waals surface area contributed by atoms with E-state index in [9.17, 15) is 18.4 Å². The van der Waals surface area contributed by atoms with Gasteiger partial charge in [-0.2, -0.15) is 0 Å². The van der Waals surface area contributed by atoms with Crippen LogP contribution in [0.4, 0.5) is 8.78 Å². The van der Waals surface area contributed by atoms with Crippen LogP contribution < -0.4 is 0 Å². The summed E-state index contributed by atoms with van der Waals surface area (Å²) in [5.41, 5.74) is 2.09. The maximum absolute atomic E-state index is 13.6. The molecule has 2 aromatic carbocycles. The van der Waals surface area contributed by atoms with Crippen molar-refractivity contribution in [3.05, 3.63) is 93.2 Å². The molecule has 0 fully saturated rings. The molecule has 1 aliphatic rings. The number of halogens is 2. The Kier molecular flexibility index (Phi) is 6.65. The van der Waals surface area contributed by atoms with E-state index in [0.717, 1.165) is 17.5 Å². The summed E-state index contributed by atoms with van der Waals surface area (Å²) in [5.74, 6) is -1.38. The Morgan fingerprint density at radius 1 is 1.09 bits per heavy atom. The van der Waals surface area contributed by atoms with Crippen molar-refractivity contribution in [3.63, 3.8) is 0 Å². The van der Waals surface area contributed by atoms with Gasteiger partial charge in [0.15, 0.2) is 0 Å². The zero-order valence-corrected chi connectivity index (χ0v) is 18.6. The predicted octanol–water partition coefficient (Wildman–Crippen LogP) is 5.05. The molecule has 32 heavy (non-hydrogen) atoms. The fourth-order valence-electron chi connectivity index (χ4n) is 4.17. The summed E-state index contributed by atoms with van der Waals surface area (Å²) in [6.07, 6.45) is 1.41. The van der Waals surface area contributed by atoms with Crippen LogP contribution in [0.1, 0.15) is 45.7 Å². The first-order valence-corrected chi connectivity index (χ1v) is 11.5. The zero-order chi connectivity index (χ0) is 22.7. The molecule has 0 radical (unpaired) electrons. The van der Waals surface area contributed by atoms with Crippen molar-refractivity contribution >= 4 is 23.2 Å². The third-order valence-electron chi connectivity index (χ3n) is 5.65. The number of rotatable bonds is 6. The molecule has 3 aromatic rings. The van der Waals surface area contributed by atoms with Gasteiger partial charge in [-0.1, -0.05) is 25.1 Å². The van der Waals surface area contributed by atoms with E-state index in [1.54, 1.807) is 34.4 Å². The van der Waals surface area contributed by atoms with Crippen molar-refractivity contribution in [1.82, 2.24) is 9.80 Å². The Bertz CT molecular complexity index is 1110. The van der Waals surface area contributed by atoms with Crippen molar-refractivity contribution in [2.75, 3.05) is 19.6 Å². The van der Waals surface area contributed by atoms with Crippen LogP contribution in [-0.2, 0) is 11.2 Å². The molecule has 7 heteroatoms. The lowest BCUT2D eigenvalue weighted by Crippen LogP contribution is -2.47. The van der Waals surface area contributed by atoms with Gasteiger partial charge in [-0.3, -0.25) is 9.59 Å². The predicted molar refractivity (Wildman–Crippen MR) is 121 cm³/mol. The Labute approximate surface area is 190 Å². The molecule has 4 rings (SSSR count). The topological polar surface area (TPSA) is 40.6 Å². The van der Waals surface area contributed by atoms with E-state index in [0.29, 0.717) is 19.5 Å². The fraction of sp³-hybridized carbons (Fsp3) is 0.280. The minimum Gasteiger partial charge on any atom is -0.330 e. The molecule has 0 saturated carbocycles. The number of hydrogen-bond donors (Lipinski definition) is 0. The van der Waals surface area contributed by atoms with E-state index in [4.69, 9.17) is 0 Å². The molecule has 1 unspecified atom stereocenters. The van der Waals surface area contributed by atoms with E-state index >= 15 is 0 Å². The van der Waals surface area contributed by atoms with E-state index < -0.39 is 5.82 Å². The number of nitrogens with zero attached hydrogens (tertiary/aromatic N) is 2. The molecular weight excluding hydrogens is 430 g/mol. The number of benzene rings is 2. The van der Waals surface area contributed by atoms with Gasteiger partial charge in [0.25, 0.3) is 5.91 Å². The maximum atomic E-state index is 13.6. The van der Waals surface area contributed by atoms with Crippen molar-refractivity contribution in [1.29, 1.82) is 0 Å². The molecule has 1 atom stereocenters. The van der Waals surface area contributed by atoms with E-state index in [1.807, 2.05) is 18.4 Å². The fourth-order valence-corrected chi connectivity index (χ4v) is 5.07. The third-order valence-corrected chi connectivity index (χ3v) is 6.65. The Hall–Kier alpha value is -3.06. The Balaban J connectivity index is 1.61. The van der Waals surface area contributed by atoms with Crippen molar-refractivity contribution in [3.8, 4) is 0 Å². The third kappa shape index (κ3) is 4.58. The van der Waals surface area contributed by atoms with E-state index in [1.165, 1.54) is 40.1 Å². The SMILES string of the molecule is CCCN(CC(=O)N1CCc2sccc2C1c1ccc(F)cc1)C(=O)c1cccc(F)c1. The molecule has 2 heterocycles. The molecule has 2 amide bonds. The summed E-state index contributed by atoms with van der Waals surface area (Å²) >= 11 is 1.65. The minimum absolute atomic E-state index is 0.0969. The average molecular weight is 455 g/mol. The van der Waals surface area contributed by atoms with Crippen molar-refractivity contribution < 1.29 is 18.4 Å². The molecular formula is C25H24F2N2O2S. The number of carbonyl (C=O) groups is 2. The monoisotopic (exact) mass is 454 g/mol. The number of carbonyl (C=O) groups excluding carboxylic acids is 2. The Morgan fingerprint density at radius 3 is 2.59 bits per heavy atom. The number of thiophene rings is 1. The molecule has 4 nitrogen and oxygen atoms in total. The van der Waals surface area contributed by atoms with Crippen LogP contribution >= 0.6 is 11.3 Å². The van der Waals surface area contributed by atoms with E-state index in [-0.39, 0.29) is 35.8 Å². The Morgan fingerprint density at radius 2 is 1.88 bits per heavy atom. The van der Waals surface area contributed by atoms with Gasteiger partial charge in [-0.25, -0.2) is 8.78 Å². The van der Waals surface area contributed by atoms with Gasteiger partial charge in [0.2, 0.25) is 5.91 Å². The second-order valence-corrected chi connectivity index (χ2v) is 8.83. The molecule has 1 aliphatic heterocycles. The minimum atomic E-state index is -0.490. The quantitative estimate of drug-likeness (QED) is 0.523. The van der Waals surface area contributed by atoms with Gasteiger partial charge in [-0.05, 0) is 65.7 Å². The summed E-state index contributed by atoms with van der Waals surface area (Å²) in [4.78, 5) is 30.9. The van der Waals surface area contributed by atoms with Gasteiger partial charge in [0, 0.05) is 23.5 Å². The lowest BCUT2D eigenvalue weighted by atomic mass is 9.93. The highest BCUT2D eigenvalue weighted by Gasteiger charge is 2.34. The molecule has 166 valence electrons. The van der Waals surface area contributed by atoms with Crippen molar-refractivity contribution in [2.45, 2.75) is 25.8 Å². The molecule has 0 N–H and O–H groups in total. The normalized spacial score (nSPS) is 15.3. The average Bonchev–Trinajstić information content (AvgIpc) is 3.27. The second-order valence-electron chi connectivity index (χ2n) is 7.83. The zero-order valence-electron chi connectivity index (χ0n) is 17.8. The smallest absolute Gasteiger partial charge is 0.254 e. The summed E-state index contributed by atoms with van der Waals surface area (Å²) in [6, 6.07) is 13.4. The first-order chi connectivity index (χ1) is 15.5. The number of amides is 2. The first kappa shape index (κ1) is 22.1. The van der Waals surface area contributed by atoms with Gasteiger partial charge < -0.3 is 9.80 Å². The molecule has 0 spiro atoms. The summed E-state index contributed by atoms with van der Waals surface area (Å²) in [6.45, 7) is 2.74. The van der Waals surface area contributed by atoms with Gasteiger partial charge >= 0.3 is 0 Å². The largest absolute Gasteiger partial charge is 0.330 e. The summed E-state index contributed by atoms with van der Waals surface area (Å²) < 4.78 is 27.2. The standard InChI is InChI=1S/C25H24F2N2O2S/c1-2-12-28(25(31)18-4-3-5-20(27)15-18)16-23(30)29-13-10-22-21(11-14-32-22)24(29)17-6-8-19(26)9-7-17/h3-9,11,14-15,24H,2,10,12-13,16H2,1H3. The molecule has 0 saturated heterocycles. The van der Waals surface area contributed by atoms with Crippen molar-refractivity contribution in [2.24, 2.45) is 0 Å². The first-order valence-electron chi connectivity index (χ1n) is 10.6. The highest BCUT2D eigenvalue weighted by molar-refractivity contribution is 7.10. The lowest BCUT2D eigenvalue weighted by molar-refractivity contribution is -0.134. The van der Waals surface area contributed by atoms with Crippen LogP contribution in [0.25, 0.3) is 0 Å². The summed E-state index contributed by atoms with van der Waals surface area (Å²) in [5, 5.41) is 2.01. The lowest BCUT2D eigenvalue weighted by Gasteiger charge is -2.37. The highest BCUT2D eigenvalue weighted by atomic mass is 32.1.